The summed E-state index contributed by atoms with van der Waals surface area (Å²) in [6.07, 6.45) is 74.4. The highest BCUT2D eigenvalue weighted by Crippen LogP contribution is 2.17. The van der Waals surface area contributed by atoms with Gasteiger partial charge in [0.25, 0.3) is 0 Å². The molecule has 354 valence electrons. The highest BCUT2D eigenvalue weighted by atomic mass is 16.3. The number of carbonyl (C=O) groups is 1. The van der Waals surface area contributed by atoms with Crippen molar-refractivity contribution in [3.05, 3.63) is 72.9 Å². The number of aliphatic hydroxyl groups excluding tert-OH is 2. The van der Waals surface area contributed by atoms with Crippen molar-refractivity contribution < 1.29 is 15.0 Å². The zero-order chi connectivity index (χ0) is 44.2. The maximum atomic E-state index is 12.5. The van der Waals surface area contributed by atoms with Crippen LogP contribution in [0.1, 0.15) is 264 Å². The predicted octanol–water partition coefficient (Wildman–Crippen LogP) is 17.4. The number of hydrogen-bond donors (Lipinski definition) is 3. The van der Waals surface area contributed by atoms with Crippen molar-refractivity contribution in [2.75, 3.05) is 6.61 Å². The molecule has 2 atom stereocenters. The number of unbranched alkanes of at least 4 members (excludes halogenated alkanes) is 29. The Morgan fingerprint density at radius 1 is 0.410 bits per heavy atom. The molecule has 0 aromatic heterocycles. The van der Waals surface area contributed by atoms with E-state index in [-0.39, 0.29) is 12.5 Å². The van der Waals surface area contributed by atoms with Crippen molar-refractivity contribution in [2.45, 2.75) is 276 Å². The van der Waals surface area contributed by atoms with Gasteiger partial charge in [0.15, 0.2) is 0 Å². The maximum Gasteiger partial charge on any atom is 0.220 e. The molecule has 0 aliphatic rings. The Kier molecular flexibility index (Phi) is 50.3. The molecule has 4 nitrogen and oxygen atoms in total. The van der Waals surface area contributed by atoms with Gasteiger partial charge in [0.05, 0.1) is 18.8 Å². The summed E-state index contributed by atoms with van der Waals surface area (Å²) in [5.74, 6) is -0.0402. The van der Waals surface area contributed by atoms with Gasteiger partial charge < -0.3 is 15.5 Å². The average Bonchev–Trinajstić information content (AvgIpc) is 3.26. The highest BCUT2D eigenvalue weighted by molar-refractivity contribution is 5.76. The van der Waals surface area contributed by atoms with Crippen LogP contribution in [0.25, 0.3) is 0 Å². The molecule has 61 heavy (non-hydrogen) atoms. The summed E-state index contributed by atoms with van der Waals surface area (Å²) in [5, 5.41) is 23.3. The number of nitrogens with one attached hydrogen (secondary N) is 1. The number of hydrogen-bond acceptors (Lipinski definition) is 3. The average molecular weight is 850 g/mol. The molecule has 0 aliphatic carbocycles. The van der Waals surface area contributed by atoms with Gasteiger partial charge in [0.2, 0.25) is 5.91 Å². The fourth-order valence-corrected chi connectivity index (χ4v) is 7.95. The van der Waals surface area contributed by atoms with Gasteiger partial charge in [-0.1, -0.05) is 267 Å². The molecule has 0 spiro atoms. The maximum absolute atomic E-state index is 12.5. The minimum Gasteiger partial charge on any atom is -0.394 e. The van der Waals surface area contributed by atoms with E-state index in [1.54, 1.807) is 0 Å². The van der Waals surface area contributed by atoms with Crippen LogP contribution in [-0.4, -0.2) is 34.9 Å². The SMILES string of the molecule is CC/C=C\C/C=C\C/C=C\C/C=C\C/C=C\C/C=C\CCCCCCCCCCC(=O)NC(CO)C(O)CCCCCCCCCCCCCCCCCCCCCCCC. The van der Waals surface area contributed by atoms with Crippen LogP contribution in [0, 0.1) is 0 Å². The highest BCUT2D eigenvalue weighted by Gasteiger charge is 2.20. The second-order valence-electron chi connectivity index (χ2n) is 17.9. The number of carbonyl (C=O) groups excluding carboxylic acids is 1. The minimum atomic E-state index is -0.668. The molecule has 0 rings (SSSR count). The largest absolute Gasteiger partial charge is 0.394 e. The van der Waals surface area contributed by atoms with Crippen LogP contribution in [0.2, 0.25) is 0 Å². The second-order valence-corrected chi connectivity index (χ2v) is 17.9. The zero-order valence-corrected chi connectivity index (χ0v) is 40.7. The lowest BCUT2D eigenvalue weighted by Gasteiger charge is -2.22. The fourth-order valence-electron chi connectivity index (χ4n) is 7.95. The first-order chi connectivity index (χ1) is 30.2. The van der Waals surface area contributed by atoms with Gasteiger partial charge in [-0.15, -0.1) is 0 Å². The van der Waals surface area contributed by atoms with Gasteiger partial charge in [0.1, 0.15) is 0 Å². The molecular formula is C57H103NO3. The molecule has 0 aromatic carbocycles. The van der Waals surface area contributed by atoms with E-state index < -0.39 is 12.1 Å². The smallest absolute Gasteiger partial charge is 0.220 e. The van der Waals surface area contributed by atoms with Crippen molar-refractivity contribution in [2.24, 2.45) is 0 Å². The molecule has 0 aromatic rings. The monoisotopic (exact) mass is 850 g/mol. The van der Waals surface area contributed by atoms with Crippen LogP contribution in [-0.2, 0) is 4.79 Å². The topological polar surface area (TPSA) is 69.6 Å². The Balaban J connectivity index is 3.54. The van der Waals surface area contributed by atoms with Gasteiger partial charge in [0, 0.05) is 6.42 Å². The summed E-state index contributed by atoms with van der Waals surface area (Å²) in [6.45, 7) is 4.26. The molecule has 4 heteroatoms. The van der Waals surface area contributed by atoms with Crippen LogP contribution in [0.4, 0.5) is 0 Å². The standard InChI is InChI=1S/C57H103NO3/c1-3-5-7-9-11-13-15-17-19-21-23-25-27-28-29-30-31-33-35-37-39-41-43-45-47-49-51-53-57(61)58-55(54-59)56(60)52-50-48-46-44-42-40-38-36-34-32-26-24-22-20-18-16-14-12-10-8-6-4-2/h5,7,11,13,17,19,23,25,28-29,31,33,55-56,59-60H,3-4,6,8-10,12,14-16,18,20-22,24,26-27,30,32,34-54H2,1-2H3,(H,58,61)/b7-5-,13-11-,19-17-,25-23-,29-28-,33-31-. The van der Waals surface area contributed by atoms with Crippen molar-refractivity contribution in [1.29, 1.82) is 0 Å². The van der Waals surface area contributed by atoms with Gasteiger partial charge in [-0.05, 0) is 64.2 Å². The van der Waals surface area contributed by atoms with E-state index in [9.17, 15) is 15.0 Å². The van der Waals surface area contributed by atoms with E-state index in [2.05, 4.69) is 92.1 Å². The van der Waals surface area contributed by atoms with Gasteiger partial charge in [-0.2, -0.15) is 0 Å². The molecule has 0 radical (unpaired) electrons. The van der Waals surface area contributed by atoms with E-state index in [0.717, 1.165) is 64.2 Å². The second kappa shape index (κ2) is 52.2. The molecule has 2 unspecified atom stereocenters. The van der Waals surface area contributed by atoms with E-state index in [1.165, 1.54) is 173 Å². The molecule has 1 amide bonds. The third-order valence-corrected chi connectivity index (χ3v) is 12.0. The van der Waals surface area contributed by atoms with Crippen LogP contribution in [0.3, 0.4) is 0 Å². The third-order valence-electron chi connectivity index (χ3n) is 12.0. The molecular weight excluding hydrogens is 747 g/mol. The Morgan fingerprint density at radius 3 is 1.08 bits per heavy atom. The van der Waals surface area contributed by atoms with Gasteiger partial charge in [-0.25, -0.2) is 0 Å². The molecule has 0 saturated heterocycles. The lowest BCUT2D eigenvalue weighted by Crippen LogP contribution is -2.45. The van der Waals surface area contributed by atoms with Crippen LogP contribution in [0.15, 0.2) is 72.9 Å². The summed E-state index contributed by atoms with van der Waals surface area (Å²) in [7, 11) is 0. The van der Waals surface area contributed by atoms with Crippen LogP contribution in [0.5, 0.6) is 0 Å². The normalized spacial score (nSPS) is 13.4. The van der Waals surface area contributed by atoms with Crippen molar-refractivity contribution in [3.63, 3.8) is 0 Å². The number of amides is 1. The molecule has 0 aliphatic heterocycles. The number of aliphatic hydroxyl groups is 2. The minimum absolute atomic E-state index is 0.0402. The third kappa shape index (κ3) is 48.7. The lowest BCUT2D eigenvalue weighted by molar-refractivity contribution is -0.123. The molecule has 0 fully saturated rings. The summed E-state index contributed by atoms with van der Waals surface area (Å²) in [6, 6.07) is -0.546. The molecule has 3 N–H and O–H groups in total. The van der Waals surface area contributed by atoms with E-state index in [4.69, 9.17) is 0 Å². The van der Waals surface area contributed by atoms with E-state index in [0.29, 0.717) is 12.8 Å². The Labute approximate surface area is 380 Å². The Hall–Kier alpha value is -2.17. The van der Waals surface area contributed by atoms with E-state index in [1.807, 2.05) is 0 Å². The summed E-state index contributed by atoms with van der Waals surface area (Å²) in [4.78, 5) is 12.5. The summed E-state index contributed by atoms with van der Waals surface area (Å²) < 4.78 is 0. The van der Waals surface area contributed by atoms with Crippen molar-refractivity contribution >= 4 is 5.91 Å². The van der Waals surface area contributed by atoms with Gasteiger partial charge >= 0.3 is 0 Å². The summed E-state index contributed by atoms with van der Waals surface area (Å²) >= 11 is 0. The quantitative estimate of drug-likeness (QED) is 0.0422. The molecule has 0 bridgehead atoms. The summed E-state index contributed by atoms with van der Waals surface area (Å²) in [5.41, 5.74) is 0. The van der Waals surface area contributed by atoms with Crippen molar-refractivity contribution in [3.8, 4) is 0 Å². The van der Waals surface area contributed by atoms with Crippen LogP contribution >= 0.6 is 0 Å². The Bertz CT molecular complexity index is 1050. The molecule has 0 saturated carbocycles. The first kappa shape index (κ1) is 58.8. The zero-order valence-electron chi connectivity index (χ0n) is 40.7. The predicted molar refractivity (Wildman–Crippen MR) is 271 cm³/mol. The number of rotatable bonds is 48. The lowest BCUT2D eigenvalue weighted by atomic mass is 10.0. The van der Waals surface area contributed by atoms with Crippen molar-refractivity contribution in [1.82, 2.24) is 5.32 Å². The van der Waals surface area contributed by atoms with Crippen LogP contribution < -0.4 is 5.32 Å². The first-order valence-electron chi connectivity index (χ1n) is 26.6. The fraction of sp³-hybridized carbons (Fsp3) is 0.772. The van der Waals surface area contributed by atoms with E-state index >= 15 is 0 Å². The number of allylic oxidation sites excluding steroid dienone is 12. The molecule has 0 heterocycles. The first-order valence-corrected chi connectivity index (χ1v) is 26.6. The van der Waals surface area contributed by atoms with Gasteiger partial charge in [-0.3, -0.25) is 4.79 Å². The Morgan fingerprint density at radius 2 is 0.721 bits per heavy atom.